The first-order valence-electron chi connectivity index (χ1n) is 7.19. The summed E-state index contributed by atoms with van der Waals surface area (Å²) in [7, 11) is 0. The van der Waals surface area contributed by atoms with E-state index >= 15 is 0 Å². The number of primary amides is 1. The molecule has 0 bridgehead atoms. The predicted molar refractivity (Wildman–Crippen MR) is 88.0 cm³/mol. The fraction of sp³-hybridized carbons (Fsp3) is 0.267. The number of carbonyl (C=O) groups excluding carboxylic acids is 3. The van der Waals surface area contributed by atoms with Gasteiger partial charge in [0.15, 0.2) is 0 Å². The number of hydrogen-bond donors (Lipinski definition) is 4. The van der Waals surface area contributed by atoms with E-state index in [0.717, 1.165) is 4.88 Å². The lowest BCUT2D eigenvalue weighted by molar-refractivity contribution is -0.126. The van der Waals surface area contributed by atoms with Crippen LogP contribution < -0.4 is 21.7 Å². The molecule has 1 unspecified atom stereocenters. The van der Waals surface area contributed by atoms with Crippen LogP contribution in [-0.4, -0.2) is 24.4 Å². The fourth-order valence-corrected chi connectivity index (χ4v) is 2.76. The van der Waals surface area contributed by atoms with Crippen molar-refractivity contribution in [3.8, 4) is 0 Å². The third-order valence-corrected chi connectivity index (χ3v) is 4.06. The van der Waals surface area contributed by atoms with Crippen molar-refractivity contribution in [2.45, 2.75) is 19.0 Å². The lowest BCUT2D eigenvalue weighted by Crippen LogP contribution is -2.39. The molecule has 4 amide bonds. The molecule has 0 radical (unpaired) electrons. The summed E-state index contributed by atoms with van der Waals surface area (Å²) in [6.45, 7) is 0.0933. The van der Waals surface area contributed by atoms with Gasteiger partial charge in [0.25, 0.3) is 0 Å². The summed E-state index contributed by atoms with van der Waals surface area (Å²) >= 11 is 1.41. The van der Waals surface area contributed by atoms with E-state index in [1.54, 1.807) is 18.2 Å². The number of hydrogen-bond acceptors (Lipinski definition) is 5. The zero-order valence-corrected chi connectivity index (χ0v) is 13.6. The van der Waals surface area contributed by atoms with Crippen LogP contribution in [0.2, 0.25) is 0 Å². The molecule has 0 fully saturated rings. The number of amides is 4. The topological polar surface area (TPSA) is 126 Å². The Bertz CT molecular complexity index is 670. The van der Waals surface area contributed by atoms with Gasteiger partial charge in [0.05, 0.1) is 31.8 Å². The van der Waals surface area contributed by atoms with Gasteiger partial charge >= 0.3 is 6.03 Å². The van der Waals surface area contributed by atoms with Crippen molar-refractivity contribution in [3.63, 3.8) is 0 Å². The first-order chi connectivity index (χ1) is 11.5. The lowest BCUT2D eigenvalue weighted by Gasteiger charge is -2.15. The third kappa shape index (κ3) is 5.76. The Morgan fingerprint density at radius 3 is 2.62 bits per heavy atom. The van der Waals surface area contributed by atoms with Gasteiger partial charge in [-0.25, -0.2) is 4.79 Å². The Kier molecular flexibility index (Phi) is 6.38. The molecule has 5 N–H and O–H groups in total. The van der Waals surface area contributed by atoms with E-state index in [4.69, 9.17) is 10.2 Å². The van der Waals surface area contributed by atoms with Crippen LogP contribution in [0.1, 0.15) is 23.1 Å². The standard InChI is InChI=1S/C15H18N4O4S/c16-15(22)19-11(12-4-2-6-24-12)7-13(20)18-9-14(21)17-8-10-3-1-5-23-10/h1-6,11H,7-9H2,(H,17,21)(H,18,20)(H3,16,19,22). The minimum atomic E-state index is -0.711. The maximum Gasteiger partial charge on any atom is 0.312 e. The van der Waals surface area contributed by atoms with E-state index in [1.165, 1.54) is 17.6 Å². The van der Waals surface area contributed by atoms with E-state index in [0.29, 0.717) is 5.76 Å². The molecule has 0 aliphatic rings. The highest BCUT2D eigenvalue weighted by atomic mass is 32.1. The summed E-state index contributed by atoms with van der Waals surface area (Å²) in [6.07, 6.45) is 1.51. The molecule has 2 aromatic heterocycles. The number of furan rings is 1. The van der Waals surface area contributed by atoms with Gasteiger partial charge in [0, 0.05) is 4.88 Å². The highest BCUT2D eigenvalue weighted by molar-refractivity contribution is 7.10. The number of carbonyl (C=O) groups is 3. The van der Waals surface area contributed by atoms with Crippen LogP contribution >= 0.6 is 11.3 Å². The maximum absolute atomic E-state index is 12.0. The average molecular weight is 350 g/mol. The van der Waals surface area contributed by atoms with Gasteiger partial charge in [-0.2, -0.15) is 0 Å². The molecule has 9 heteroatoms. The number of nitrogens with one attached hydrogen (secondary N) is 3. The minimum Gasteiger partial charge on any atom is -0.467 e. The van der Waals surface area contributed by atoms with E-state index in [-0.39, 0.29) is 31.3 Å². The second-order valence-electron chi connectivity index (χ2n) is 4.91. The normalized spacial score (nSPS) is 11.5. The van der Waals surface area contributed by atoms with Gasteiger partial charge in [-0.3, -0.25) is 9.59 Å². The molecular formula is C15H18N4O4S. The van der Waals surface area contributed by atoms with Gasteiger partial charge in [-0.15, -0.1) is 11.3 Å². The quantitative estimate of drug-likeness (QED) is 0.563. The maximum atomic E-state index is 12.0. The number of thiophene rings is 1. The van der Waals surface area contributed by atoms with Gasteiger partial charge in [-0.05, 0) is 23.6 Å². The molecular weight excluding hydrogens is 332 g/mol. The summed E-state index contributed by atoms with van der Waals surface area (Å²) in [4.78, 5) is 35.5. The van der Waals surface area contributed by atoms with Crippen molar-refractivity contribution in [2.75, 3.05) is 6.54 Å². The number of rotatable bonds is 8. The largest absolute Gasteiger partial charge is 0.467 e. The highest BCUT2D eigenvalue weighted by Gasteiger charge is 2.18. The van der Waals surface area contributed by atoms with Crippen LogP contribution in [0.25, 0.3) is 0 Å². The summed E-state index contributed by atoms with van der Waals surface area (Å²) in [5, 5.41) is 9.49. The molecule has 2 aromatic rings. The van der Waals surface area contributed by atoms with Crippen molar-refractivity contribution in [2.24, 2.45) is 5.73 Å². The summed E-state index contributed by atoms with van der Waals surface area (Å²) in [5.74, 6) is -0.0799. The molecule has 2 heterocycles. The third-order valence-electron chi connectivity index (χ3n) is 3.08. The van der Waals surface area contributed by atoms with Crippen molar-refractivity contribution >= 4 is 29.2 Å². The second kappa shape index (κ2) is 8.73. The fourth-order valence-electron chi connectivity index (χ4n) is 1.98. The molecule has 0 aliphatic carbocycles. The van der Waals surface area contributed by atoms with Gasteiger partial charge in [0.2, 0.25) is 11.8 Å². The average Bonchev–Trinajstić information content (AvgIpc) is 3.22. The molecule has 0 spiro atoms. The highest BCUT2D eigenvalue weighted by Crippen LogP contribution is 2.21. The number of urea groups is 1. The van der Waals surface area contributed by atoms with E-state index in [2.05, 4.69) is 16.0 Å². The van der Waals surface area contributed by atoms with Crippen LogP contribution in [0, 0.1) is 0 Å². The van der Waals surface area contributed by atoms with Crippen molar-refractivity contribution < 1.29 is 18.8 Å². The Morgan fingerprint density at radius 2 is 2.00 bits per heavy atom. The molecule has 0 saturated carbocycles. The minimum absolute atomic E-state index is 0.00504. The Morgan fingerprint density at radius 1 is 1.17 bits per heavy atom. The Balaban J connectivity index is 1.76. The first-order valence-corrected chi connectivity index (χ1v) is 8.07. The van der Waals surface area contributed by atoms with E-state index < -0.39 is 12.1 Å². The zero-order chi connectivity index (χ0) is 17.4. The van der Waals surface area contributed by atoms with Crippen LogP contribution in [-0.2, 0) is 16.1 Å². The van der Waals surface area contributed by atoms with Crippen LogP contribution in [0.5, 0.6) is 0 Å². The lowest BCUT2D eigenvalue weighted by atomic mass is 10.1. The first kappa shape index (κ1) is 17.5. The Hall–Kier alpha value is -2.81. The van der Waals surface area contributed by atoms with Crippen LogP contribution in [0.3, 0.4) is 0 Å². The molecule has 128 valence electrons. The number of nitrogens with two attached hydrogens (primary N) is 1. The molecule has 2 rings (SSSR count). The zero-order valence-electron chi connectivity index (χ0n) is 12.8. The van der Waals surface area contributed by atoms with Crippen molar-refractivity contribution in [3.05, 3.63) is 46.5 Å². The molecule has 0 aromatic carbocycles. The summed E-state index contributed by atoms with van der Waals surface area (Å²) in [6, 6.07) is 5.84. The van der Waals surface area contributed by atoms with Crippen molar-refractivity contribution in [1.82, 2.24) is 16.0 Å². The van der Waals surface area contributed by atoms with E-state index in [1.807, 2.05) is 11.4 Å². The van der Waals surface area contributed by atoms with Gasteiger partial charge in [-0.1, -0.05) is 6.07 Å². The SMILES string of the molecule is NC(=O)NC(CC(=O)NCC(=O)NCc1ccco1)c1cccs1. The van der Waals surface area contributed by atoms with Gasteiger partial charge in [0.1, 0.15) is 5.76 Å². The molecule has 1 atom stereocenters. The second-order valence-corrected chi connectivity index (χ2v) is 5.89. The van der Waals surface area contributed by atoms with E-state index in [9.17, 15) is 14.4 Å². The van der Waals surface area contributed by atoms with Crippen molar-refractivity contribution in [1.29, 1.82) is 0 Å². The molecule has 24 heavy (non-hydrogen) atoms. The smallest absolute Gasteiger partial charge is 0.312 e. The Labute approximate surface area is 142 Å². The monoisotopic (exact) mass is 350 g/mol. The predicted octanol–water partition coefficient (Wildman–Crippen LogP) is 0.873. The van der Waals surface area contributed by atoms with Gasteiger partial charge < -0.3 is 26.1 Å². The van der Waals surface area contributed by atoms with Crippen LogP contribution in [0.15, 0.2) is 40.3 Å². The molecule has 0 saturated heterocycles. The molecule has 0 aliphatic heterocycles. The summed E-state index contributed by atoms with van der Waals surface area (Å²) in [5.41, 5.74) is 5.13. The summed E-state index contributed by atoms with van der Waals surface area (Å²) < 4.78 is 5.09. The van der Waals surface area contributed by atoms with Crippen LogP contribution in [0.4, 0.5) is 4.79 Å². The molecule has 8 nitrogen and oxygen atoms in total.